The number of amides is 1. The molecule has 2 N–H and O–H groups in total. The molecule has 0 spiro atoms. The number of carbonyl (C=O) groups excluding carboxylic acids is 1. The molecule has 27 heavy (non-hydrogen) atoms. The summed E-state index contributed by atoms with van der Waals surface area (Å²) in [5.74, 6) is 1.06. The molecule has 4 nitrogen and oxygen atoms in total. The lowest BCUT2D eigenvalue weighted by molar-refractivity contribution is 0.0724. The second-order valence-electron chi connectivity index (χ2n) is 6.47. The molecule has 0 radical (unpaired) electrons. The molecule has 0 saturated carbocycles. The highest BCUT2D eigenvalue weighted by Crippen LogP contribution is 2.17. The van der Waals surface area contributed by atoms with Gasteiger partial charge in [-0.25, -0.2) is 0 Å². The minimum Gasteiger partial charge on any atom is -0.362 e. The van der Waals surface area contributed by atoms with Crippen molar-refractivity contribution in [3.63, 3.8) is 0 Å². The lowest BCUT2D eigenvalue weighted by Gasteiger charge is -2.26. The largest absolute Gasteiger partial charge is 0.362 e. The van der Waals surface area contributed by atoms with Crippen LogP contribution in [0.5, 0.6) is 0 Å². The number of thioether (sulfide) groups is 1. The van der Waals surface area contributed by atoms with Crippen LogP contribution in [-0.4, -0.2) is 41.3 Å². The third-order valence-corrected chi connectivity index (χ3v) is 5.69. The monoisotopic (exact) mass is 399 g/mol. The number of nitrogens with one attached hydrogen (secondary N) is 2. The first kappa shape index (κ1) is 19.7. The van der Waals surface area contributed by atoms with Crippen molar-refractivity contribution in [3.05, 3.63) is 60.2 Å². The van der Waals surface area contributed by atoms with Gasteiger partial charge >= 0.3 is 0 Å². The van der Waals surface area contributed by atoms with Gasteiger partial charge in [0.15, 0.2) is 5.11 Å². The second kappa shape index (κ2) is 10.3. The van der Waals surface area contributed by atoms with Crippen LogP contribution in [0.3, 0.4) is 0 Å². The quantitative estimate of drug-likeness (QED) is 0.428. The average molecular weight is 400 g/mol. The smallest absolute Gasteiger partial charge is 0.253 e. The maximum Gasteiger partial charge on any atom is 0.253 e. The molecular weight excluding hydrogens is 374 g/mol. The second-order valence-corrected chi connectivity index (χ2v) is 8.05. The summed E-state index contributed by atoms with van der Waals surface area (Å²) in [6.07, 6.45) is 3.43. The van der Waals surface area contributed by atoms with E-state index in [9.17, 15) is 4.79 Å². The number of benzene rings is 2. The van der Waals surface area contributed by atoms with E-state index in [0.29, 0.717) is 5.11 Å². The van der Waals surface area contributed by atoms with Crippen molar-refractivity contribution >= 4 is 40.7 Å². The molecule has 3 rings (SSSR count). The Morgan fingerprint density at radius 3 is 2.41 bits per heavy atom. The maximum atomic E-state index is 12.5. The summed E-state index contributed by atoms with van der Waals surface area (Å²) < 4.78 is 0. The van der Waals surface area contributed by atoms with Gasteiger partial charge in [-0.2, -0.15) is 0 Å². The number of thiocarbonyl (C=S) groups is 1. The molecule has 1 aliphatic heterocycles. The van der Waals surface area contributed by atoms with Crippen LogP contribution < -0.4 is 10.6 Å². The molecule has 1 amide bonds. The van der Waals surface area contributed by atoms with Crippen LogP contribution in [0.25, 0.3) is 0 Å². The van der Waals surface area contributed by atoms with Crippen molar-refractivity contribution in [3.8, 4) is 0 Å². The lowest BCUT2D eigenvalue weighted by atomic mass is 10.1. The van der Waals surface area contributed by atoms with Gasteiger partial charge in [0, 0.05) is 41.5 Å². The zero-order valence-electron chi connectivity index (χ0n) is 15.3. The summed E-state index contributed by atoms with van der Waals surface area (Å²) in [5.41, 5.74) is 1.62. The summed E-state index contributed by atoms with van der Waals surface area (Å²) >= 11 is 7.14. The number of likely N-dealkylation sites (tertiary alicyclic amines) is 1. The van der Waals surface area contributed by atoms with E-state index in [0.717, 1.165) is 49.5 Å². The molecule has 1 aliphatic rings. The van der Waals surface area contributed by atoms with Gasteiger partial charge in [-0.05, 0) is 67.9 Å². The Hall–Kier alpha value is -2.05. The summed E-state index contributed by atoms with van der Waals surface area (Å²) in [7, 11) is 0. The van der Waals surface area contributed by atoms with Gasteiger partial charge in [0.2, 0.25) is 0 Å². The molecule has 6 heteroatoms. The number of hydrogen-bond acceptors (Lipinski definition) is 3. The number of nitrogens with zero attached hydrogens (tertiary/aromatic N) is 1. The van der Waals surface area contributed by atoms with Gasteiger partial charge in [0.25, 0.3) is 5.91 Å². The van der Waals surface area contributed by atoms with Gasteiger partial charge < -0.3 is 15.5 Å². The Balaban J connectivity index is 1.41. The number of rotatable bonds is 6. The third-order valence-electron chi connectivity index (χ3n) is 4.43. The first-order valence-corrected chi connectivity index (χ1v) is 10.7. The number of carbonyl (C=O) groups is 1. The summed E-state index contributed by atoms with van der Waals surface area (Å²) in [6.45, 7) is 2.53. The molecule has 0 bridgehead atoms. The van der Waals surface area contributed by atoms with Gasteiger partial charge in [-0.1, -0.05) is 18.2 Å². The Kier molecular flexibility index (Phi) is 7.54. The van der Waals surface area contributed by atoms with Crippen molar-refractivity contribution in [2.24, 2.45) is 0 Å². The number of hydrogen-bond donors (Lipinski definition) is 2. The lowest BCUT2D eigenvalue weighted by Crippen LogP contribution is -2.35. The van der Waals surface area contributed by atoms with Crippen molar-refractivity contribution in [1.82, 2.24) is 10.2 Å². The van der Waals surface area contributed by atoms with E-state index in [-0.39, 0.29) is 5.91 Å². The number of anilines is 1. The Morgan fingerprint density at radius 2 is 1.70 bits per heavy atom. The van der Waals surface area contributed by atoms with E-state index in [1.807, 2.05) is 47.4 Å². The fourth-order valence-corrected chi connectivity index (χ4v) is 4.01. The van der Waals surface area contributed by atoms with E-state index < -0.39 is 0 Å². The molecule has 0 aliphatic carbocycles. The molecule has 142 valence electrons. The highest BCUT2D eigenvalue weighted by molar-refractivity contribution is 7.99. The highest BCUT2D eigenvalue weighted by atomic mass is 32.2. The highest BCUT2D eigenvalue weighted by Gasteiger charge is 2.17. The van der Waals surface area contributed by atoms with Crippen LogP contribution in [0, 0.1) is 0 Å². The van der Waals surface area contributed by atoms with Crippen molar-refractivity contribution in [2.45, 2.75) is 24.2 Å². The average Bonchev–Trinajstić information content (AvgIpc) is 2.73. The molecule has 0 aromatic heterocycles. The van der Waals surface area contributed by atoms with E-state index in [1.54, 1.807) is 11.8 Å². The minimum absolute atomic E-state index is 0.125. The van der Waals surface area contributed by atoms with Crippen LogP contribution in [0.4, 0.5) is 5.69 Å². The molecule has 1 fully saturated rings. The van der Waals surface area contributed by atoms with Gasteiger partial charge in [0.1, 0.15) is 0 Å². The fraction of sp³-hybridized carbons (Fsp3) is 0.333. The van der Waals surface area contributed by atoms with Crippen LogP contribution in [-0.2, 0) is 0 Å². The zero-order chi connectivity index (χ0) is 18.9. The van der Waals surface area contributed by atoms with Crippen LogP contribution >= 0.6 is 24.0 Å². The van der Waals surface area contributed by atoms with Crippen molar-refractivity contribution in [1.29, 1.82) is 0 Å². The molecular formula is C21H25N3OS2. The standard InChI is InChI=1S/C21H25N3OS2/c25-20(24-14-5-2-6-15-24)17-9-11-18(12-10-17)23-21(26)22-13-16-27-19-7-3-1-4-8-19/h1,3-4,7-12H,2,5-6,13-16H2,(H2,22,23,26). The molecule has 0 atom stereocenters. The van der Waals surface area contributed by atoms with E-state index in [4.69, 9.17) is 12.2 Å². The molecule has 2 aromatic rings. The van der Waals surface area contributed by atoms with Crippen molar-refractivity contribution in [2.75, 3.05) is 30.7 Å². The summed E-state index contributed by atoms with van der Waals surface area (Å²) in [4.78, 5) is 15.7. The van der Waals surface area contributed by atoms with Crippen LogP contribution in [0.1, 0.15) is 29.6 Å². The third kappa shape index (κ3) is 6.26. The Morgan fingerprint density at radius 1 is 1.00 bits per heavy atom. The molecule has 1 heterocycles. The zero-order valence-corrected chi connectivity index (χ0v) is 17.0. The first-order chi connectivity index (χ1) is 13.2. The van der Waals surface area contributed by atoms with Gasteiger partial charge in [-0.3, -0.25) is 4.79 Å². The van der Waals surface area contributed by atoms with Crippen LogP contribution in [0.15, 0.2) is 59.5 Å². The summed E-state index contributed by atoms with van der Waals surface area (Å²) in [6, 6.07) is 17.9. The van der Waals surface area contributed by atoms with Crippen LogP contribution in [0.2, 0.25) is 0 Å². The van der Waals surface area contributed by atoms with E-state index in [2.05, 4.69) is 22.8 Å². The van der Waals surface area contributed by atoms with E-state index in [1.165, 1.54) is 11.3 Å². The Labute approximate surface area is 170 Å². The van der Waals surface area contributed by atoms with Gasteiger partial charge in [0.05, 0.1) is 0 Å². The van der Waals surface area contributed by atoms with E-state index >= 15 is 0 Å². The fourth-order valence-electron chi connectivity index (χ4n) is 3.00. The Bertz CT molecular complexity index is 744. The maximum absolute atomic E-state index is 12.5. The van der Waals surface area contributed by atoms with Gasteiger partial charge in [-0.15, -0.1) is 11.8 Å². The minimum atomic E-state index is 0.125. The SMILES string of the molecule is O=C(c1ccc(NC(=S)NCCSc2ccccc2)cc1)N1CCCCC1. The normalized spacial score (nSPS) is 13.9. The molecule has 1 saturated heterocycles. The first-order valence-electron chi connectivity index (χ1n) is 9.34. The number of piperidine rings is 1. The predicted octanol–water partition coefficient (Wildman–Crippen LogP) is 4.39. The topological polar surface area (TPSA) is 44.4 Å². The molecule has 2 aromatic carbocycles. The van der Waals surface area contributed by atoms with Crippen molar-refractivity contribution < 1.29 is 4.79 Å². The predicted molar refractivity (Wildman–Crippen MR) is 118 cm³/mol. The summed E-state index contributed by atoms with van der Waals surface area (Å²) in [5, 5.41) is 6.98. The molecule has 0 unspecified atom stereocenters.